The molecule has 2 spiro atoms. The zero-order valence-electron chi connectivity index (χ0n) is 34.3. The molecule has 0 nitrogen and oxygen atoms in total. The number of rotatable bonds is 0. The van der Waals surface area contributed by atoms with E-state index in [4.69, 9.17) is 0 Å². The Kier molecular flexibility index (Phi) is 1.89. The van der Waals surface area contributed by atoms with E-state index in [1.165, 1.54) is 0 Å². The summed E-state index contributed by atoms with van der Waals surface area (Å²) in [7, 11) is 0. The third-order valence-corrected chi connectivity index (χ3v) is 25.5. The molecule has 33 rings (SSSR count). The monoisotopic (exact) mass is 802 g/mol. The van der Waals surface area contributed by atoms with Crippen LogP contribution >= 0.6 is 0 Å². The van der Waals surface area contributed by atoms with Crippen LogP contribution in [-0.2, 0) is 10.8 Å². The molecule has 0 N–H and O–H groups in total. The summed E-state index contributed by atoms with van der Waals surface area (Å²) in [6, 6.07) is 0. The fraction of sp³-hybridized carbons (Fsp3) is 0.0909. The summed E-state index contributed by atoms with van der Waals surface area (Å²) in [5, 5.41) is 91.3. The zero-order chi connectivity index (χ0) is 39.1. The van der Waals surface area contributed by atoms with Crippen molar-refractivity contribution >= 4 is 291 Å². The molecule has 0 aliphatic heterocycles. The molecule has 5 aliphatic rings. The van der Waals surface area contributed by atoms with Crippen molar-refractivity contribution in [1.29, 1.82) is 0 Å². The molecule has 0 radical (unpaired) electrons. The van der Waals surface area contributed by atoms with Crippen molar-refractivity contribution in [2.45, 2.75) is 24.7 Å². The molecule has 0 heteroatoms. The van der Waals surface area contributed by atoms with Crippen LogP contribution in [0.5, 0.6) is 0 Å². The SMILES string of the molecule is C[C@H]1C=C[C@H](C)C23c4c5c6c7c8c9c(c%10c%11c2c2c4c4c%12c5c5c6c6c8c8c%13c9c9c%10c%10c%11c%11c2c2c4c4c%12c%12c5c5c6c8c6c8c%13c9c9c%10c%10c%11c2c2c4c4c%12c5c6c5c8c9c%10c2c45)C713. The lowest BCUT2D eigenvalue weighted by Gasteiger charge is -2.60. The lowest BCUT2D eigenvalue weighted by atomic mass is 9.40. The van der Waals surface area contributed by atoms with Gasteiger partial charge >= 0.3 is 0 Å². The van der Waals surface area contributed by atoms with Crippen molar-refractivity contribution in [1.82, 2.24) is 0 Å². The van der Waals surface area contributed by atoms with Crippen molar-refractivity contribution in [2.24, 2.45) is 11.8 Å². The van der Waals surface area contributed by atoms with Crippen LogP contribution in [0.25, 0.3) is 291 Å². The first-order valence-corrected chi connectivity index (χ1v) is 25.2. The summed E-state index contributed by atoms with van der Waals surface area (Å²) < 4.78 is 0. The first-order chi connectivity index (χ1) is 32.8. The minimum atomic E-state index is -0.174. The minimum absolute atomic E-state index is 0.174. The Labute approximate surface area is 359 Å². The van der Waals surface area contributed by atoms with Crippen LogP contribution in [0.3, 0.4) is 0 Å². The van der Waals surface area contributed by atoms with Gasteiger partial charge in [-0.1, -0.05) is 26.0 Å². The molecular formula is C66H10. The molecule has 0 saturated heterocycles. The summed E-state index contributed by atoms with van der Waals surface area (Å²) in [6.07, 6.45) is 5.53. The summed E-state index contributed by atoms with van der Waals surface area (Å²) in [5.74, 6) is 0.730. The maximum Gasteiger partial charge on any atom is 0.0431 e. The van der Waals surface area contributed by atoms with Gasteiger partial charge in [0.1, 0.15) is 0 Å². The van der Waals surface area contributed by atoms with E-state index in [1.54, 1.807) is 313 Å². The second-order valence-electron chi connectivity index (χ2n) is 25.3. The number of hydrogen-bond donors (Lipinski definition) is 0. The van der Waals surface area contributed by atoms with Crippen LogP contribution in [0.15, 0.2) is 12.2 Å². The number of benzene rings is 18. The van der Waals surface area contributed by atoms with Crippen molar-refractivity contribution in [3.8, 4) is 0 Å². The minimum Gasteiger partial charge on any atom is -0.0841 e. The second kappa shape index (κ2) is 5.21. The van der Waals surface area contributed by atoms with Crippen LogP contribution < -0.4 is 0 Å². The largest absolute Gasteiger partial charge is 0.0841 e. The first kappa shape index (κ1) is 23.9. The van der Waals surface area contributed by atoms with Gasteiger partial charge in [0.2, 0.25) is 0 Å². The Bertz CT molecular complexity index is 6490. The number of allylic oxidation sites excluding steroid dienone is 2. The average molecular weight is 803 g/mol. The Morgan fingerprint density at radius 3 is 0.364 bits per heavy atom. The van der Waals surface area contributed by atoms with Crippen LogP contribution in [0.1, 0.15) is 36.1 Å². The maximum atomic E-state index is 2.77. The molecule has 0 heterocycles. The molecule has 28 aromatic carbocycles. The molecule has 66 heavy (non-hydrogen) atoms. The first-order valence-electron chi connectivity index (χ1n) is 25.2. The van der Waals surface area contributed by atoms with Crippen molar-refractivity contribution in [2.75, 3.05) is 0 Å². The second-order valence-corrected chi connectivity index (χ2v) is 25.3. The predicted molar refractivity (Wildman–Crippen MR) is 281 cm³/mol. The third kappa shape index (κ3) is 1.17. The normalized spacial score (nSPS) is 25.5. The summed E-state index contributed by atoms with van der Waals surface area (Å²) in [5.41, 5.74) is 6.88. The highest BCUT2D eigenvalue weighted by Gasteiger charge is 2.73. The van der Waals surface area contributed by atoms with Gasteiger partial charge in [0.25, 0.3) is 0 Å². The van der Waals surface area contributed by atoms with Gasteiger partial charge in [-0.3, -0.25) is 0 Å². The van der Waals surface area contributed by atoms with E-state index in [-0.39, 0.29) is 10.8 Å². The predicted octanol–water partition coefficient (Wildman–Crippen LogP) is 18.1. The van der Waals surface area contributed by atoms with E-state index >= 15 is 0 Å². The van der Waals surface area contributed by atoms with Gasteiger partial charge in [-0.2, -0.15) is 0 Å². The molecule has 0 bridgehead atoms. The van der Waals surface area contributed by atoms with E-state index in [2.05, 4.69) is 26.0 Å². The fourth-order valence-electron chi connectivity index (χ4n) is 25.6. The van der Waals surface area contributed by atoms with Gasteiger partial charge in [-0.15, -0.1) is 0 Å². The fourth-order valence-corrected chi connectivity index (χ4v) is 25.6. The van der Waals surface area contributed by atoms with E-state index in [0.29, 0.717) is 11.8 Å². The topological polar surface area (TPSA) is 0 Å². The van der Waals surface area contributed by atoms with E-state index in [1.807, 2.05) is 0 Å². The van der Waals surface area contributed by atoms with Gasteiger partial charge in [0.15, 0.2) is 0 Å². The van der Waals surface area contributed by atoms with Gasteiger partial charge < -0.3 is 0 Å². The van der Waals surface area contributed by atoms with E-state index in [9.17, 15) is 0 Å². The van der Waals surface area contributed by atoms with Crippen molar-refractivity contribution in [3.05, 3.63) is 34.4 Å². The van der Waals surface area contributed by atoms with Gasteiger partial charge in [-0.05, 0) is 325 Å². The highest BCUT2D eigenvalue weighted by Crippen LogP contribution is 2.86. The van der Waals surface area contributed by atoms with E-state index in [0.717, 1.165) is 0 Å². The maximum absolute atomic E-state index is 2.77. The molecule has 2 atom stereocenters. The van der Waals surface area contributed by atoms with Crippen LogP contribution in [-0.4, -0.2) is 0 Å². The lowest BCUT2D eigenvalue weighted by molar-refractivity contribution is 0.198. The lowest BCUT2D eigenvalue weighted by Crippen LogP contribution is -2.59. The summed E-state index contributed by atoms with van der Waals surface area (Å²) >= 11 is 0. The Balaban J connectivity index is 1.28. The molecule has 28 aromatic rings. The van der Waals surface area contributed by atoms with Gasteiger partial charge in [0.05, 0.1) is 0 Å². The van der Waals surface area contributed by atoms with Crippen molar-refractivity contribution in [3.63, 3.8) is 0 Å². The van der Waals surface area contributed by atoms with Gasteiger partial charge in [0, 0.05) is 10.8 Å². The van der Waals surface area contributed by atoms with Crippen LogP contribution in [0, 0.1) is 11.8 Å². The summed E-state index contributed by atoms with van der Waals surface area (Å²) in [6.45, 7) is 5.44. The third-order valence-electron chi connectivity index (χ3n) is 25.5. The van der Waals surface area contributed by atoms with Crippen LogP contribution in [0.2, 0.25) is 0 Å². The Morgan fingerprint density at radius 1 is 0.167 bits per heavy atom. The Morgan fingerprint density at radius 2 is 0.258 bits per heavy atom. The molecule has 0 amide bonds. The standard InChI is InChI=1S/C66H10/c1-5-3-4-6(2)66-63-55-47-37-27-19-11-8-7-9-13-15(11)23-29-21(13)31-25-17(9)18-10(7)14-16-12(8)20(19)28-34-24(16)30-22(14)32-26(18)36-35(25)45-39(31)49-43(29)51(41(47)33(23)27)59(63)57(49)61-53(45)54-46(36)40(32)50-44(30)52-42(34)48(38(28)37)56(55)64(66)60(52)58(50)62(54)65(5,61)66/h3-6H,1-2H3/t5-,6-,65?,66?/m0/s1. The quantitative estimate of drug-likeness (QED) is 0.106. The smallest absolute Gasteiger partial charge is 0.0431 e. The highest BCUT2D eigenvalue weighted by molar-refractivity contribution is 6.82. The molecule has 0 fully saturated rings. The van der Waals surface area contributed by atoms with Gasteiger partial charge in [-0.25, -0.2) is 0 Å². The van der Waals surface area contributed by atoms with Crippen LogP contribution in [0.4, 0.5) is 0 Å². The van der Waals surface area contributed by atoms with E-state index < -0.39 is 0 Å². The molecule has 0 aromatic heterocycles. The molecule has 274 valence electrons. The Hall–Kier alpha value is -7.80. The zero-order valence-corrected chi connectivity index (χ0v) is 34.3. The molecule has 0 unspecified atom stereocenters. The highest BCUT2D eigenvalue weighted by atomic mass is 14.7. The van der Waals surface area contributed by atoms with Crippen molar-refractivity contribution < 1.29 is 0 Å². The number of hydrogen-bond acceptors (Lipinski definition) is 0. The summed E-state index contributed by atoms with van der Waals surface area (Å²) in [4.78, 5) is 0. The average Bonchev–Trinajstić information content (AvgIpc) is 4.17. The molecule has 5 aliphatic carbocycles. The molecule has 0 saturated carbocycles. The molecular weight excluding hydrogens is 793 g/mol.